The molecule has 4 rings (SSSR count). The van der Waals surface area contributed by atoms with E-state index in [1.165, 1.54) is 6.92 Å². The van der Waals surface area contributed by atoms with Crippen molar-refractivity contribution in [2.45, 2.75) is 26.3 Å². The van der Waals surface area contributed by atoms with Gasteiger partial charge in [0.1, 0.15) is 11.6 Å². The molecule has 3 heterocycles. The highest BCUT2D eigenvalue weighted by Gasteiger charge is 2.35. The van der Waals surface area contributed by atoms with Gasteiger partial charge >= 0.3 is 5.97 Å². The predicted molar refractivity (Wildman–Crippen MR) is 97.1 cm³/mol. The number of fused-ring (bicyclic) bond motifs is 5. The summed E-state index contributed by atoms with van der Waals surface area (Å²) in [7, 11) is 0. The van der Waals surface area contributed by atoms with Crippen LogP contribution in [0, 0.1) is 0 Å². The van der Waals surface area contributed by atoms with E-state index in [1.54, 1.807) is 6.92 Å². The molecule has 0 bridgehead atoms. The number of rotatable bonds is 1. The third kappa shape index (κ3) is 2.92. The molecule has 1 aromatic heterocycles. The molecule has 26 heavy (non-hydrogen) atoms. The van der Waals surface area contributed by atoms with Crippen LogP contribution in [0.4, 0.5) is 5.82 Å². The minimum atomic E-state index is -0.331. The Morgan fingerprint density at radius 1 is 1.15 bits per heavy atom. The quantitative estimate of drug-likeness (QED) is 0.583. The number of hydrogen-bond acceptors (Lipinski definition) is 5. The second-order valence-electron chi connectivity index (χ2n) is 6.79. The maximum atomic E-state index is 11.9. The van der Waals surface area contributed by atoms with Crippen LogP contribution in [0.2, 0.25) is 0 Å². The van der Waals surface area contributed by atoms with Gasteiger partial charge in [0.2, 0.25) is 5.91 Å². The smallest absolute Gasteiger partial charge is 0.308 e. The highest BCUT2D eigenvalue weighted by molar-refractivity contribution is 5.74. The monoisotopic (exact) mass is 351 g/mol. The Kier molecular flexibility index (Phi) is 4.11. The maximum Gasteiger partial charge on any atom is 0.308 e. The molecule has 1 amide bonds. The average molecular weight is 351 g/mol. The molecule has 6 heteroatoms. The summed E-state index contributed by atoms with van der Waals surface area (Å²) in [6, 6.07) is 9.86. The summed E-state index contributed by atoms with van der Waals surface area (Å²) in [5.41, 5.74) is 3.41. The van der Waals surface area contributed by atoms with E-state index in [4.69, 9.17) is 4.74 Å². The topological polar surface area (TPSA) is 62.7 Å². The molecular weight excluding hydrogens is 330 g/mol. The fraction of sp³-hybridized carbons (Fsp3) is 0.350. The fourth-order valence-corrected chi connectivity index (χ4v) is 3.91. The van der Waals surface area contributed by atoms with E-state index in [0.717, 1.165) is 35.5 Å². The average Bonchev–Trinajstić information content (AvgIpc) is 2.74. The van der Waals surface area contributed by atoms with E-state index in [2.05, 4.69) is 16.0 Å². The molecule has 2 aromatic rings. The number of carbonyl (C=O) groups is 2. The first-order chi connectivity index (χ1) is 12.5. The van der Waals surface area contributed by atoms with Crippen molar-refractivity contribution in [1.82, 2.24) is 9.88 Å². The molecule has 2 aliphatic rings. The van der Waals surface area contributed by atoms with Crippen molar-refractivity contribution in [3.63, 3.8) is 0 Å². The molecule has 1 fully saturated rings. The number of amides is 1. The van der Waals surface area contributed by atoms with Crippen LogP contribution >= 0.6 is 0 Å². The fourth-order valence-electron chi connectivity index (χ4n) is 3.91. The van der Waals surface area contributed by atoms with Gasteiger partial charge in [0.25, 0.3) is 0 Å². The van der Waals surface area contributed by atoms with Crippen LogP contribution in [-0.4, -0.2) is 41.4 Å². The van der Waals surface area contributed by atoms with Crippen molar-refractivity contribution in [3.8, 4) is 5.75 Å². The first-order valence-corrected chi connectivity index (χ1v) is 8.80. The van der Waals surface area contributed by atoms with Gasteiger partial charge in [0.15, 0.2) is 0 Å². The Morgan fingerprint density at radius 3 is 2.77 bits per heavy atom. The standard InChI is InChI=1S/C20H21N3O3/c1-13(24)22-8-9-23-19(12-22)18-6-5-17(26-14(2)25)11-16(18)10-15-4-3-7-21-20(15)23/h3-7,11,19H,8-10,12H2,1-2H3. The van der Waals surface area contributed by atoms with Crippen molar-refractivity contribution in [1.29, 1.82) is 0 Å². The van der Waals surface area contributed by atoms with Crippen LogP contribution in [0.5, 0.6) is 5.75 Å². The SMILES string of the molecule is CC(=O)Oc1ccc2c(c1)Cc1cccnc1N1CCN(C(C)=O)CC21. The van der Waals surface area contributed by atoms with Crippen molar-refractivity contribution in [3.05, 3.63) is 53.2 Å². The number of anilines is 1. The van der Waals surface area contributed by atoms with Gasteiger partial charge in [0, 0.05) is 46.1 Å². The van der Waals surface area contributed by atoms with Gasteiger partial charge in [-0.25, -0.2) is 4.98 Å². The van der Waals surface area contributed by atoms with Gasteiger partial charge in [-0.1, -0.05) is 12.1 Å². The lowest BCUT2D eigenvalue weighted by Gasteiger charge is -2.42. The first kappa shape index (κ1) is 16.6. The number of ether oxygens (including phenoxy) is 1. The van der Waals surface area contributed by atoms with Crippen molar-refractivity contribution in [2.24, 2.45) is 0 Å². The number of carbonyl (C=O) groups excluding carboxylic acids is 2. The van der Waals surface area contributed by atoms with E-state index < -0.39 is 0 Å². The summed E-state index contributed by atoms with van der Waals surface area (Å²) in [6.45, 7) is 5.09. The van der Waals surface area contributed by atoms with E-state index in [0.29, 0.717) is 18.8 Å². The molecule has 0 aliphatic carbocycles. The van der Waals surface area contributed by atoms with Crippen LogP contribution < -0.4 is 9.64 Å². The normalized spacial score (nSPS) is 18.3. The minimum absolute atomic E-state index is 0.0465. The molecule has 1 saturated heterocycles. The highest BCUT2D eigenvalue weighted by atomic mass is 16.5. The second kappa shape index (κ2) is 6.44. The van der Waals surface area contributed by atoms with Crippen LogP contribution in [0.25, 0.3) is 0 Å². The number of nitrogens with zero attached hydrogens (tertiary/aromatic N) is 3. The molecule has 0 N–H and O–H groups in total. The third-order valence-electron chi connectivity index (χ3n) is 5.08. The summed E-state index contributed by atoms with van der Waals surface area (Å²) in [5, 5.41) is 0. The lowest BCUT2D eigenvalue weighted by molar-refractivity contribution is -0.132. The summed E-state index contributed by atoms with van der Waals surface area (Å²) in [6.07, 6.45) is 2.54. The summed E-state index contributed by atoms with van der Waals surface area (Å²) < 4.78 is 5.27. The second-order valence-corrected chi connectivity index (χ2v) is 6.79. The lowest BCUT2D eigenvalue weighted by Crippen LogP contribution is -2.50. The number of aromatic nitrogens is 1. The largest absolute Gasteiger partial charge is 0.427 e. The van der Waals surface area contributed by atoms with E-state index in [9.17, 15) is 9.59 Å². The Labute approximate surface area is 152 Å². The number of hydrogen-bond donors (Lipinski definition) is 0. The van der Waals surface area contributed by atoms with Crippen LogP contribution in [0.3, 0.4) is 0 Å². The number of benzene rings is 1. The van der Waals surface area contributed by atoms with Gasteiger partial charge in [-0.15, -0.1) is 0 Å². The lowest BCUT2D eigenvalue weighted by atomic mass is 9.95. The van der Waals surface area contributed by atoms with E-state index >= 15 is 0 Å². The Balaban J connectivity index is 1.81. The summed E-state index contributed by atoms with van der Waals surface area (Å²) in [4.78, 5) is 32.0. The molecule has 0 radical (unpaired) electrons. The predicted octanol–water partition coefficient (Wildman–Crippen LogP) is 2.32. The molecule has 6 nitrogen and oxygen atoms in total. The van der Waals surface area contributed by atoms with Crippen LogP contribution in [0.15, 0.2) is 36.5 Å². The third-order valence-corrected chi connectivity index (χ3v) is 5.08. The summed E-state index contributed by atoms with van der Waals surface area (Å²) >= 11 is 0. The molecule has 0 saturated carbocycles. The highest BCUT2D eigenvalue weighted by Crippen LogP contribution is 2.39. The first-order valence-electron chi connectivity index (χ1n) is 8.80. The molecule has 134 valence electrons. The van der Waals surface area contributed by atoms with Gasteiger partial charge in [-0.3, -0.25) is 9.59 Å². The maximum absolute atomic E-state index is 11.9. The van der Waals surface area contributed by atoms with Gasteiger partial charge in [-0.05, 0) is 34.9 Å². The van der Waals surface area contributed by atoms with Crippen molar-refractivity contribution >= 4 is 17.7 Å². The van der Waals surface area contributed by atoms with E-state index in [-0.39, 0.29) is 17.9 Å². The molecule has 1 atom stereocenters. The van der Waals surface area contributed by atoms with Gasteiger partial charge < -0.3 is 14.5 Å². The number of pyridine rings is 1. The van der Waals surface area contributed by atoms with Crippen LogP contribution in [0.1, 0.15) is 36.6 Å². The van der Waals surface area contributed by atoms with Gasteiger partial charge in [-0.2, -0.15) is 0 Å². The zero-order valence-corrected chi connectivity index (χ0v) is 14.9. The summed E-state index contributed by atoms with van der Waals surface area (Å²) in [5.74, 6) is 1.29. The molecule has 1 unspecified atom stereocenters. The number of esters is 1. The molecule has 1 aromatic carbocycles. The van der Waals surface area contributed by atoms with Crippen molar-refractivity contribution < 1.29 is 14.3 Å². The van der Waals surface area contributed by atoms with Crippen molar-refractivity contribution in [2.75, 3.05) is 24.5 Å². The number of piperazine rings is 1. The molecule has 2 aliphatic heterocycles. The molecular formula is C20H21N3O3. The minimum Gasteiger partial charge on any atom is -0.427 e. The zero-order chi connectivity index (χ0) is 18.3. The Hall–Kier alpha value is -2.89. The molecule has 0 spiro atoms. The van der Waals surface area contributed by atoms with Gasteiger partial charge in [0.05, 0.1) is 6.04 Å². The zero-order valence-electron chi connectivity index (χ0n) is 14.9. The van der Waals surface area contributed by atoms with E-state index in [1.807, 2.05) is 35.4 Å². The Morgan fingerprint density at radius 2 is 2.00 bits per heavy atom. The Bertz CT molecular complexity index is 880. The van der Waals surface area contributed by atoms with Crippen LogP contribution in [-0.2, 0) is 16.0 Å².